The molecule has 1 aliphatic rings. The average molecular weight is 332 g/mol. The maximum Gasteiger partial charge on any atom is 0.157 e. The molecule has 0 bridgehead atoms. The number of imidazole rings is 1. The predicted octanol–water partition coefficient (Wildman–Crippen LogP) is 3.07. The second-order valence-electron chi connectivity index (χ2n) is 6.89. The normalized spacial score (nSPS) is 15.2. The van der Waals surface area contributed by atoms with Gasteiger partial charge in [-0.2, -0.15) is 9.61 Å². The molecule has 25 heavy (non-hydrogen) atoms. The van der Waals surface area contributed by atoms with Crippen LogP contribution < -0.4 is 4.90 Å². The summed E-state index contributed by atoms with van der Waals surface area (Å²) in [7, 11) is 0. The molecule has 6 heteroatoms. The fourth-order valence-electron chi connectivity index (χ4n) is 3.85. The van der Waals surface area contributed by atoms with Crippen LogP contribution in [0.25, 0.3) is 16.7 Å². The van der Waals surface area contributed by atoms with Crippen molar-refractivity contribution in [1.82, 2.24) is 24.1 Å². The first-order valence-corrected chi connectivity index (χ1v) is 8.63. The third-order valence-electron chi connectivity index (χ3n) is 4.98. The second-order valence-corrected chi connectivity index (χ2v) is 6.89. The Hall–Kier alpha value is -2.89. The third-order valence-corrected chi connectivity index (χ3v) is 4.98. The van der Waals surface area contributed by atoms with Crippen LogP contribution in [0, 0.1) is 20.8 Å². The topological polar surface area (TPSA) is 51.2 Å². The van der Waals surface area contributed by atoms with Gasteiger partial charge in [-0.1, -0.05) is 12.1 Å². The van der Waals surface area contributed by atoms with Gasteiger partial charge in [-0.05, 0) is 32.9 Å². The Balaban J connectivity index is 1.50. The third kappa shape index (κ3) is 2.13. The first-order chi connectivity index (χ1) is 12.1. The molecule has 1 aliphatic heterocycles. The maximum absolute atomic E-state index is 4.70. The monoisotopic (exact) mass is 332 g/mol. The van der Waals surface area contributed by atoms with E-state index < -0.39 is 0 Å². The molecule has 0 spiro atoms. The number of nitrogens with zero attached hydrogens (tertiary/aromatic N) is 6. The lowest BCUT2D eigenvalue weighted by molar-refractivity contribution is 0.396. The molecule has 0 amide bonds. The number of hydrogen-bond donors (Lipinski definition) is 0. The number of rotatable bonds is 2. The largest absolute Gasteiger partial charge is 0.352 e. The van der Waals surface area contributed by atoms with Gasteiger partial charge in [0, 0.05) is 30.9 Å². The Morgan fingerprint density at radius 3 is 2.60 bits per heavy atom. The van der Waals surface area contributed by atoms with Crippen LogP contribution >= 0.6 is 0 Å². The molecule has 0 unspecified atom stereocenters. The molecule has 0 N–H and O–H groups in total. The van der Waals surface area contributed by atoms with Crippen LogP contribution in [0.1, 0.15) is 23.3 Å². The van der Waals surface area contributed by atoms with E-state index in [2.05, 4.69) is 50.7 Å². The number of benzene rings is 1. The Kier molecular flexibility index (Phi) is 2.92. The van der Waals surface area contributed by atoms with E-state index in [9.17, 15) is 0 Å². The summed E-state index contributed by atoms with van der Waals surface area (Å²) in [6.07, 6.45) is 0. The van der Waals surface area contributed by atoms with Crippen LogP contribution in [0.5, 0.6) is 0 Å². The van der Waals surface area contributed by atoms with Crippen molar-refractivity contribution in [1.29, 1.82) is 0 Å². The highest BCUT2D eigenvalue weighted by molar-refractivity contribution is 5.76. The summed E-state index contributed by atoms with van der Waals surface area (Å²) in [5, 5.41) is 4.61. The summed E-state index contributed by atoms with van der Waals surface area (Å²) < 4.78 is 4.32. The van der Waals surface area contributed by atoms with Gasteiger partial charge in [-0.25, -0.2) is 9.97 Å². The van der Waals surface area contributed by atoms with Crippen LogP contribution in [0.3, 0.4) is 0 Å². The maximum atomic E-state index is 4.70. The lowest BCUT2D eigenvalue weighted by Gasteiger charge is -2.42. The molecule has 0 atom stereocenters. The van der Waals surface area contributed by atoms with Crippen molar-refractivity contribution in [2.75, 3.05) is 18.0 Å². The number of para-hydroxylation sites is 2. The highest BCUT2D eigenvalue weighted by Gasteiger charge is 2.32. The van der Waals surface area contributed by atoms with Gasteiger partial charge in [0.05, 0.1) is 22.8 Å². The summed E-state index contributed by atoms with van der Waals surface area (Å²) in [4.78, 5) is 11.6. The summed E-state index contributed by atoms with van der Waals surface area (Å²) in [6, 6.07) is 12.9. The van der Waals surface area contributed by atoms with Gasteiger partial charge in [0.25, 0.3) is 0 Å². The summed E-state index contributed by atoms with van der Waals surface area (Å²) in [5.74, 6) is 2.20. The molecule has 1 saturated heterocycles. The van der Waals surface area contributed by atoms with Crippen LogP contribution in [0.4, 0.5) is 5.82 Å². The molecule has 4 heterocycles. The predicted molar refractivity (Wildman–Crippen MR) is 98.2 cm³/mol. The summed E-state index contributed by atoms with van der Waals surface area (Å²) in [6.45, 7) is 8.05. The van der Waals surface area contributed by atoms with E-state index in [-0.39, 0.29) is 0 Å². The van der Waals surface area contributed by atoms with Crippen molar-refractivity contribution in [2.24, 2.45) is 0 Å². The Morgan fingerprint density at radius 1 is 0.960 bits per heavy atom. The van der Waals surface area contributed by atoms with Crippen LogP contribution in [0.15, 0.2) is 36.4 Å². The highest BCUT2D eigenvalue weighted by Crippen LogP contribution is 2.32. The molecule has 0 radical (unpaired) electrons. The van der Waals surface area contributed by atoms with Crippen molar-refractivity contribution >= 4 is 22.5 Å². The quantitative estimate of drug-likeness (QED) is 0.566. The minimum Gasteiger partial charge on any atom is -0.352 e. The van der Waals surface area contributed by atoms with E-state index in [0.29, 0.717) is 6.04 Å². The molecule has 1 fully saturated rings. The van der Waals surface area contributed by atoms with E-state index >= 15 is 0 Å². The van der Waals surface area contributed by atoms with Gasteiger partial charge >= 0.3 is 0 Å². The summed E-state index contributed by atoms with van der Waals surface area (Å²) in [5.41, 5.74) is 5.22. The van der Waals surface area contributed by atoms with Crippen LogP contribution in [-0.4, -0.2) is 37.2 Å². The Morgan fingerprint density at radius 2 is 1.76 bits per heavy atom. The number of aryl methyl sites for hydroxylation is 3. The molecular weight excluding hydrogens is 312 g/mol. The van der Waals surface area contributed by atoms with E-state index in [1.54, 1.807) is 0 Å². The molecule has 0 aliphatic carbocycles. The molecule has 0 saturated carbocycles. The fourth-order valence-corrected chi connectivity index (χ4v) is 3.85. The lowest BCUT2D eigenvalue weighted by atomic mass is 10.1. The molecule has 4 aromatic rings. The molecule has 1 aromatic carbocycles. The van der Waals surface area contributed by atoms with E-state index in [1.165, 1.54) is 5.52 Å². The zero-order chi connectivity index (χ0) is 17.1. The number of aromatic nitrogens is 5. The van der Waals surface area contributed by atoms with Gasteiger partial charge in [-0.3, -0.25) is 0 Å². The SMILES string of the molecule is Cc1cc(N2CC(n3c(C)nc4ccccc43)C2)n2nc(C)cc2n1. The van der Waals surface area contributed by atoms with Gasteiger partial charge < -0.3 is 9.47 Å². The van der Waals surface area contributed by atoms with Gasteiger partial charge in [0.15, 0.2) is 5.65 Å². The van der Waals surface area contributed by atoms with E-state index in [0.717, 1.165) is 47.3 Å². The standard InChI is InChI=1S/C19H20N6/c1-12-9-19(25-18(20-12)8-13(2)22-25)23-10-15(11-23)24-14(3)21-16-6-4-5-7-17(16)24/h4-9,15H,10-11H2,1-3H3. The van der Waals surface area contributed by atoms with Gasteiger partial charge in [0.2, 0.25) is 0 Å². The van der Waals surface area contributed by atoms with E-state index in [1.807, 2.05) is 30.5 Å². The molecule has 6 nitrogen and oxygen atoms in total. The number of hydrogen-bond acceptors (Lipinski definition) is 4. The van der Waals surface area contributed by atoms with Crippen molar-refractivity contribution in [2.45, 2.75) is 26.8 Å². The first kappa shape index (κ1) is 14.5. The highest BCUT2D eigenvalue weighted by atomic mass is 15.4. The second kappa shape index (κ2) is 5.05. The Bertz CT molecular complexity index is 1100. The molecule has 5 rings (SSSR count). The van der Waals surface area contributed by atoms with Crippen molar-refractivity contribution in [3.8, 4) is 0 Å². The number of anilines is 1. The first-order valence-electron chi connectivity index (χ1n) is 8.63. The Labute approximate surface area is 145 Å². The van der Waals surface area contributed by atoms with E-state index in [4.69, 9.17) is 4.98 Å². The van der Waals surface area contributed by atoms with Crippen LogP contribution in [-0.2, 0) is 0 Å². The fraction of sp³-hybridized carbons (Fsp3) is 0.316. The smallest absolute Gasteiger partial charge is 0.157 e. The van der Waals surface area contributed by atoms with Crippen molar-refractivity contribution in [3.05, 3.63) is 53.6 Å². The number of fused-ring (bicyclic) bond motifs is 2. The minimum absolute atomic E-state index is 0.438. The van der Waals surface area contributed by atoms with Crippen molar-refractivity contribution in [3.63, 3.8) is 0 Å². The zero-order valence-corrected chi connectivity index (χ0v) is 14.6. The minimum atomic E-state index is 0.438. The van der Waals surface area contributed by atoms with Gasteiger partial charge in [0.1, 0.15) is 11.6 Å². The van der Waals surface area contributed by atoms with Gasteiger partial charge in [-0.15, -0.1) is 0 Å². The van der Waals surface area contributed by atoms with Crippen LogP contribution in [0.2, 0.25) is 0 Å². The molecule has 3 aromatic heterocycles. The molecule has 126 valence electrons. The average Bonchev–Trinajstić information content (AvgIpc) is 3.05. The molecular formula is C19H20N6. The summed E-state index contributed by atoms with van der Waals surface area (Å²) >= 11 is 0. The van der Waals surface area contributed by atoms with Crippen molar-refractivity contribution < 1.29 is 0 Å². The zero-order valence-electron chi connectivity index (χ0n) is 14.6. The lowest BCUT2D eigenvalue weighted by Crippen LogP contribution is -2.49.